The van der Waals surface area contributed by atoms with E-state index in [2.05, 4.69) is 116 Å². The van der Waals surface area contributed by atoms with Gasteiger partial charge in [0.05, 0.1) is 10.9 Å². The van der Waals surface area contributed by atoms with E-state index in [1.54, 1.807) is 12.1 Å². The molecule has 7 nitrogen and oxygen atoms in total. The number of carbonyl (C=O) groups is 1. The van der Waals surface area contributed by atoms with Crippen LogP contribution in [0.3, 0.4) is 0 Å². The van der Waals surface area contributed by atoms with Crippen LogP contribution in [0.4, 0.5) is 17.1 Å². The third-order valence-electron chi connectivity index (χ3n) is 9.84. The van der Waals surface area contributed by atoms with Crippen LogP contribution in [0.1, 0.15) is 64.5 Å². The number of carboxylic acid groups (broad SMARTS) is 1. The molecule has 2 heterocycles. The van der Waals surface area contributed by atoms with E-state index in [1.807, 2.05) is 6.07 Å². The molecule has 0 radical (unpaired) electrons. The molecule has 2 aliphatic rings. The summed E-state index contributed by atoms with van der Waals surface area (Å²) in [6.45, 7) is 9.41. The van der Waals surface area contributed by atoms with Crippen molar-refractivity contribution in [2.24, 2.45) is 0 Å². The summed E-state index contributed by atoms with van der Waals surface area (Å²) in [4.78, 5) is 15.6. The van der Waals surface area contributed by atoms with Crippen molar-refractivity contribution in [3.05, 3.63) is 120 Å². The molecule has 0 saturated heterocycles. The molecule has 0 aromatic heterocycles. The maximum atomic E-state index is 12.1. The minimum Gasteiger partial charge on any atom is -0.481 e. The fourth-order valence-electron chi connectivity index (χ4n) is 7.50. The molecule has 0 bridgehead atoms. The van der Waals surface area contributed by atoms with Gasteiger partial charge in [-0.25, -0.2) is 0 Å². The average molecular weight is 651 g/mol. The monoisotopic (exact) mass is 650 g/mol. The molecule has 0 aliphatic carbocycles. The van der Waals surface area contributed by atoms with Crippen LogP contribution in [-0.4, -0.2) is 36.6 Å². The van der Waals surface area contributed by atoms with Gasteiger partial charge in [0.1, 0.15) is 0 Å². The molecular formula is C39H42N2O5S. The summed E-state index contributed by atoms with van der Waals surface area (Å²) in [6, 6.07) is 28.2. The lowest BCUT2D eigenvalue weighted by Gasteiger charge is -2.32. The fourth-order valence-corrected chi connectivity index (χ4v) is 8.01. The molecule has 8 heteroatoms. The van der Waals surface area contributed by atoms with E-state index in [0.29, 0.717) is 13.0 Å². The fraction of sp³-hybridized carbons (Fsp3) is 0.308. The number of allylic oxidation sites excluding steroid dienone is 3. The normalized spacial score (nSPS) is 19.1. The third-order valence-corrected chi connectivity index (χ3v) is 10.7. The van der Waals surface area contributed by atoms with E-state index < -0.39 is 21.5 Å². The third kappa shape index (κ3) is 5.96. The Morgan fingerprint density at radius 1 is 0.872 bits per heavy atom. The van der Waals surface area contributed by atoms with Crippen LogP contribution in [0.2, 0.25) is 0 Å². The molecule has 2 N–H and O–H groups in total. The zero-order valence-corrected chi connectivity index (χ0v) is 28.2. The van der Waals surface area contributed by atoms with E-state index in [1.165, 1.54) is 28.1 Å². The highest BCUT2D eigenvalue weighted by atomic mass is 32.2. The lowest BCUT2D eigenvalue weighted by molar-refractivity contribution is -0.137. The molecule has 47 heavy (non-hydrogen) atoms. The second-order valence-corrected chi connectivity index (χ2v) is 15.0. The van der Waals surface area contributed by atoms with Gasteiger partial charge in [-0.15, -0.1) is 0 Å². The second kappa shape index (κ2) is 12.3. The van der Waals surface area contributed by atoms with Crippen LogP contribution in [0.15, 0.2) is 114 Å². The average Bonchev–Trinajstić information content (AvgIpc) is 3.39. The minimum atomic E-state index is -4.37. The molecule has 244 valence electrons. The van der Waals surface area contributed by atoms with E-state index in [9.17, 15) is 17.8 Å². The van der Waals surface area contributed by atoms with Gasteiger partial charge in [-0.1, -0.05) is 94.8 Å². The van der Waals surface area contributed by atoms with Crippen molar-refractivity contribution in [2.75, 3.05) is 16.3 Å². The van der Waals surface area contributed by atoms with E-state index in [4.69, 9.17) is 5.11 Å². The number of benzene rings is 4. The SMILES string of the molecule is CC1(C)/C(=C\C=C\C2N(c3ccccc3)c3ccc4ccccc4c3C2(C)C)N(CCCCCC(=O)O)c2ccc(S(=O)(=O)O)cc21. The van der Waals surface area contributed by atoms with Gasteiger partial charge in [0.2, 0.25) is 0 Å². The van der Waals surface area contributed by atoms with Crippen molar-refractivity contribution in [2.45, 2.75) is 75.1 Å². The van der Waals surface area contributed by atoms with Crippen molar-refractivity contribution in [1.29, 1.82) is 0 Å². The molecule has 0 spiro atoms. The largest absolute Gasteiger partial charge is 0.481 e. The Labute approximate surface area is 277 Å². The van der Waals surface area contributed by atoms with Crippen LogP contribution in [0.25, 0.3) is 10.8 Å². The topological polar surface area (TPSA) is 98.2 Å². The zero-order chi connectivity index (χ0) is 33.6. The van der Waals surface area contributed by atoms with Crippen molar-refractivity contribution in [3.8, 4) is 0 Å². The first kappa shape index (κ1) is 32.5. The predicted octanol–water partition coefficient (Wildman–Crippen LogP) is 8.77. The number of carboxylic acids is 1. The van der Waals surface area contributed by atoms with E-state index in [-0.39, 0.29) is 22.8 Å². The van der Waals surface area contributed by atoms with Gasteiger partial charge in [0, 0.05) is 46.6 Å². The molecule has 6 rings (SSSR count). The van der Waals surface area contributed by atoms with Crippen molar-refractivity contribution in [3.63, 3.8) is 0 Å². The standard InChI is InChI=1S/C39H42N2O5S/c1-38(2)31-26-29(47(44,45)46)22-24-32(31)40(25-12-6-9-20-36(42)43)34(38)18-13-19-35-39(3,4)37-30-17-11-10-14-27(30)21-23-33(37)41(35)28-15-7-5-8-16-28/h5,7-8,10-11,13-19,21-24,26,35H,6,9,12,20,25H2,1-4H3,(H,42,43)(H,44,45,46)/b19-13+,34-18+. The van der Waals surface area contributed by atoms with Crippen LogP contribution in [-0.2, 0) is 25.7 Å². The number of nitrogens with zero attached hydrogens (tertiary/aromatic N) is 2. The van der Waals surface area contributed by atoms with Crippen molar-refractivity contribution in [1.82, 2.24) is 0 Å². The van der Waals surface area contributed by atoms with Crippen LogP contribution >= 0.6 is 0 Å². The number of hydrogen-bond acceptors (Lipinski definition) is 5. The summed E-state index contributed by atoms with van der Waals surface area (Å²) < 4.78 is 34.0. The van der Waals surface area contributed by atoms with Gasteiger partial charge >= 0.3 is 5.97 Å². The van der Waals surface area contributed by atoms with Crippen LogP contribution in [0.5, 0.6) is 0 Å². The molecule has 0 saturated carbocycles. The van der Waals surface area contributed by atoms with E-state index in [0.717, 1.165) is 35.5 Å². The number of anilines is 3. The highest BCUT2D eigenvalue weighted by Gasteiger charge is 2.45. The van der Waals surface area contributed by atoms with Gasteiger partial charge in [-0.3, -0.25) is 9.35 Å². The van der Waals surface area contributed by atoms with Crippen LogP contribution in [0, 0.1) is 0 Å². The lowest BCUT2D eigenvalue weighted by Crippen LogP contribution is -2.37. The molecular weight excluding hydrogens is 609 g/mol. The summed E-state index contributed by atoms with van der Waals surface area (Å²) in [5, 5.41) is 11.5. The molecule has 4 aromatic carbocycles. The van der Waals surface area contributed by atoms with Gasteiger partial charge in [0.25, 0.3) is 10.1 Å². The van der Waals surface area contributed by atoms with Gasteiger partial charge in [-0.2, -0.15) is 8.42 Å². The number of unbranched alkanes of at least 4 members (excludes halogenated alkanes) is 2. The maximum absolute atomic E-state index is 12.1. The lowest BCUT2D eigenvalue weighted by atomic mass is 9.78. The second-order valence-electron chi connectivity index (χ2n) is 13.6. The molecule has 0 amide bonds. The van der Waals surface area contributed by atoms with Crippen molar-refractivity contribution >= 4 is 43.9 Å². The number of aliphatic carboxylic acids is 1. The number of hydrogen-bond donors (Lipinski definition) is 2. The molecule has 1 unspecified atom stereocenters. The summed E-state index contributed by atoms with van der Waals surface area (Å²) in [6.07, 6.45) is 8.80. The molecule has 1 atom stereocenters. The molecule has 2 aliphatic heterocycles. The zero-order valence-electron chi connectivity index (χ0n) is 27.3. The van der Waals surface area contributed by atoms with Gasteiger partial charge < -0.3 is 14.9 Å². The van der Waals surface area contributed by atoms with E-state index >= 15 is 0 Å². The van der Waals surface area contributed by atoms with Gasteiger partial charge in [-0.05, 0) is 77.2 Å². The summed E-state index contributed by atoms with van der Waals surface area (Å²) in [5.74, 6) is -0.796. The number of fused-ring (bicyclic) bond motifs is 4. The summed E-state index contributed by atoms with van der Waals surface area (Å²) >= 11 is 0. The number of rotatable bonds is 10. The maximum Gasteiger partial charge on any atom is 0.303 e. The number of para-hydroxylation sites is 1. The Morgan fingerprint density at radius 3 is 2.30 bits per heavy atom. The molecule has 4 aromatic rings. The minimum absolute atomic E-state index is 0.00468. The van der Waals surface area contributed by atoms with Crippen molar-refractivity contribution < 1.29 is 22.9 Å². The Bertz CT molecular complexity index is 2000. The first-order valence-corrected chi connectivity index (χ1v) is 17.6. The molecule has 0 fully saturated rings. The Kier molecular flexibility index (Phi) is 8.53. The quantitative estimate of drug-likeness (QED) is 0.131. The summed E-state index contributed by atoms with van der Waals surface area (Å²) in [5.41, 5.74) is 5.57. The first-order valence-electron chi connectivity index (χ1n) is 16.2. The first-order chi connectivity index (χ1) is 22.3. The summed E-state index contributed by atoms with van der Waals surface area (Å²) in [7, 11) is -4.37. The van der Waals surface area contributed by atoms with Crippen LogP contribution < -0.4 is 9.80 Å². The van der Waals surface area contributed by atoms with Gasteiger partial charge in [0.15, 0.2) is 0 Å². The highest BCUT2D eigenvalue weighted by molar-refractivity contribution is 7.85. The Balaban J connectivity index is 1.41. The predicted molar refractivity (Wildman–Crippen MR) is 189 cm³/mol. The Hall–Kier alpha value is -4.40. The smallest absolute Gasteiger partial charge is 0.303 e. The Morgan fingerprint density at radius 2 is 1.57 bits per heavy atom. The highest BCUT2D eigenvalue weighted by Crippen LogP contribution is 2.52.